The first kappa shape index (κ1) is 21.8. The summed E-state index contributed by atoms with van der Waals surface area (Å²) in [6.07, 6.45) is 1.72. The highest BCUT2D eigenvalue weighted by atomic mass is 35.5. The van der Waals surface area contributed by atoms with Crippen LogP contribution in [-0.4, -0.2) is 11.7 Å². The Morgan fingerprint density at radius 2 is 1.84 bits per heavy atom. The number of amides is 1. The molecule has 0 N–H and O–H groups in total. The molecule has 1 aliphatic carbocycles. The quantitative estimate of drug-likeness (QED) is 0.546. The Kier molecular flexibility index (Phi) is 5.55. The Labute approximate surface area is 187 Å². The molecule has 31 heavy (non-hydrogen) atoms. The van der Waals surface area contributed by atoms with Gasteiger partial charge in [-0.05, 0) is 48.4 Å². The molecule has 1 amide bonds. The van der Waals surface area contributed by atoms with Gasteiger partial charge in [0, 0.05) is 40.6 Å². The third-order valence-corrected chi connectivity index (χ3v) is 6.75. The summed E-state index contributed by atoms with van der Waals surface area (Å²) >= 11 is 6.37. The maximum Gasteiger partial charge on any atom is 0.232 e. The minimum atomic E-state index is -0.662. The summed E-state index contributed by atoms with van der Waals surface area (Å²) in [7, 11) is 0. The molecule has 1 heterocycles. The standard InChI is InChI=1S/C26H27ClFNO2/c1-5-16-9-6-8-15(2)25(16)29-20-13-26(3,4)14-21(30)24(20)17(12-22(29)31)23-18(27)10-7-11-19(23)28/h6-11,17H,5,12-14H2,1-4H3. The number of carbonyl (C=O) groups excluding carboxylic acids is 2. The molecule has 1 aliphatic heterocycles. The van der Waals surface area contributed by atoms with Crippen molar-refractivity contribution >= 4 is 29.0 Å². The largest absolute Gasteiger partial charge is 0.294 e. The predicted octanol–water partition coefficient (Wildman–Crippen LogP) is 6.51. The van der Waals surface area contributed by atoms with Crippen LogP contribution in [0.25, 0.3) is 0 Å². The molecule has 2 aromatic carbocycles. The topological polar surface area (TPSA) is 37.4 Å². The zero-order chi connectivity index (χ0) is 22.5. The normalized spacial score (nSPS) is 20.8. The number of allylic oxidation sites excluding steroid dienone is 2. The van der Waals surface area contributed by atoms with E-state index in [-0.39, 0.29) is 34.1 Å². The second-order valence-corrected chi connectivity index (χ2v) is 9.77. The fourth-order valence-electron chi connectivity index (χ4n) is 5.09. The van der Waals surface area contributed by atoms with Crippen LogP contribution in [0.1, 0.15) is 62.6 Å². The second-order valence-electron chi connectivity index (χ2n) is 9.36. The first-order chi connectivity index (χ1) is 14.6. The van der Waals surface area contributed by atoms with Crippen LogP contribution in [0.15, 0.2) is 47.7 Å². The van der Waals surface area contributed by atoms with Crippen LogP contribution in [0, 0.1) is 18.2 Å². The number of aryl methyl sites for hydroxylation is 2. The second kappa shape index (κ2) is 7.90. The molecule has 2 aliphatic rings. The number of para-hydroxylation sites is 1. The van der Waals surface area contributed by atoms with E-state index in [0.717, 1.165) is 23.2 Å². The Bertz CT molecular complexity index is 1100. The van der Waals surface area contributed by atoms with Gasteiger partial charge in [0.1, 0.15) is 5.82 Å². The maximum absolute atomic E-state index is 14.9. The van der Waals surface area contributed by atoms with E-state index in [2.05, 4.69) is 6.92 Å². The van der Waals surface area contributed by atoms with E-state index in [1.165, 1.54) is 6.07 Å². The third-order valence-electron chi connectivity index (χ3n) is 6.42. The van der Waals surface area contributed by atoms with Crippen LogP contribution in [0.2, 0.25) is 5.02 Å². The van der Waals surface area contributed by atoms with Crippen LogP contribution in [0.4, 0.5) is 10.1 Å². The molecular formula is C26H27ClFNO2. The SMILES string of the molecule is CCc1cccc(C)c1N1C(=O)CC(c2c(F)cccc2Cl)C2=C1CC(C)(C)CC2=O. The number of rotatable bonds is 3. The number of hydrogen-bond acceptors (Lipinski definition) is 2. The number of Topliss-reactive ketones (excluding diaryl/α,β-unsaturated/α-hetero) is 1. The Balaban J connectivity index is 2.00. The maximum atomic E-state index is 14.9. The summed E-state index contributed by atoms with van der Waals surface area (Å²) in [5.74, 6) is -1.30. The Morgan fingerprint density at radius 3 is 2.52 bits per heavy atom. The summed E-state index contributed by atoms with van der Waals surface area (Å²) in [5, 5.41) is 0.251. The number of halogens is 2. The van der Waals surface area contributed by atoms with Crippen LogP contribution < -0.4 is 4.90 Å². The van der Waals surface area contributed by atoms with Crippen molar-refractivity contribution in [2.75, 3.05) is 4.90 Å². The summed E-state index contributed by atoms with van der Waals surface area (Å²) in [6.45, 7) is 8.11. The van der Waals surface area contributed by atoms with Crippen molar-refractivity contribution in [2.45, 2.75) is 59.3 Å². The van der Waals surface area contributed by atoms with Crippen molar-refractivity contribution in [1.29, 1.82) is 0 Å². The minimum absolute atomic E-state index is 0.0170. The van der Waals surface area contributed by atoms with Crippen molar-refractivity contribution in [3.8, 4) is 0 Å². The van der Waals surface area contributed by atoms with Crippen molar-refractivity contribution in [1.82, 2.24) is 0 Å². The average Bonchev–Trinajstić information content (AvgIpc) is 2.67. The first-order valence-corrected chi connectivity index (χ1v) is 11.1. The van der Waals surface area contributed by atoms with Gasteiger partial charge in [-0.3, -0.25) is 14.5 Å². The molecule has 4 rings (SSSR count). The van der Waals surface area contributed by atoms with Crippen molar-refractivity contribution in [3.63, 3.8) is 0 Å². The zero-order valence-corrected chi connectivity index (χ0v) is 19.1. The monoisotopic (exact) mass is 439 g/mol. The molecule has 2 aromatic rings. The van der Waals surface area contributed by atoms with Gasteiger partial charge in [0.2, 0.25) is 5.91 Å². The smallest absolute Gasteiger partial charge is 0.232 e. The van der Waals surface area contributed by atoms with Crippen LogP contribution in [0.5, 0.6) is 0 Å². The molecule has 1 unspecified atom stereocenters. The zero-order valence-electron chi connectivity index (χ0n) is 18.4. The van der Waals surface area contributed by atoms with Crippen LogP contribution in [-0.2, 0) is 16.0 Å². The van der Waals surface area contributed by atoms with Gasteiger partial charge in [0.15, 0.2) is 5.78 Å². The number of benzene rings is 2. The van der Waals surface area contributed by atoms with Gasteiger partial charge in [-0.25, -0.2) is 4.39 Å². The lowest BCUT2D eigenvalue weighted by atomic mass is 9.69. The molecule has 0 aromatic heterocycles. The van der Waals surface area contributed by atoms with Crippen LogP contribution >= 0.6 is 11.6 Å². The minimum Gasteiger partial charge on any atom is -0.294 e. The highest BCUT2D eigenvalue weighted by Gasteiger charge is 2.45. The van der Waals surface area contributed by atoms with E-state index in [1.807, 2.05) is 39.0 Å². The lowest BCUT2D eigenvalue weighted by Crippen LogP contribution is -2.44. The molecule has 0 saturated carbocycles. The van der Waals surface area contributed by atoms with E-state index >= 15 is 0 Å². The Hall–Kier alpha value is -2.46. The molecule has 0 fully saturated rings. The highest BCUT2D eigenvalue weighted by molar-refractivity contribution is 6.31. The molecule has 3 nitrogen and oxygen atoms in total. The van der Waals surface area contributed by atoms with Gasteiger partial charge in [0.25, 0.3) is 0 Å². The molecular weight excluding hydrogens is 413 g/mol. The average molecular weight is 440 g/mol. The number of nitrogens with zero attached hydrogens (tertiary/aromatic N) is 1. The molecule has 0 radical (unpaired) electrons. The van der Waals surface area contributed by atoms with E-state index < -0.39 is 11.7 Å². The lowest BCUT2D eigenvalue weighted by Gasteiger charge is -2.44. The van der Waals surface area contributed by atoms with E-state index in [4.69, 9.17) is 11.6 Å². The summed E-state index contributed by atoms with van der Waals surface area (Å²) in [6, 6.07) is 10.5. The van der Waals surface area contributed by atoms with Gasteiger partial charge in [0.05, 0.1) is 5.69 Å². The molecule has 0 bridgehead atoms. The van der Waals surface area contributed by atoms with Crippen molar-refractivity contribution in [3.05, 3.63) is 75.2 Å². The van der Waals surface area contributed by atoms with Gasteiger partial charge in [-0.1, -0.05) is 56.6 Å². The number of hydrogen-bond donors (Lipinski definition) is 0. The highest BCUT2D eigenvalue weighted by Crippen LogP contribution is 2.50. The van der Waals surface area contributed by atoms with Crippen molar-refractivity contribution in [2.24, 2.45) is 5.41 Å². The lowest BCUT2D eigenvalue weighted by molar-refractivity contribution is -0.121. The van der Waals surface area contributed by atoms with Gasteiger partial charge >= 0.3 is 0 Å². The van der Waals surface area contributed by atoms with E-state index in [1.54, 1.807) is 17.0 Å². The van der Waals surface area contributed by atoms with E-state index in [9.17, 15) is 14.0 Å². The Morgan fingerprint density at radius 1 is 1.13 bits per heavy atom. The molecule has 0 spiro atoms. The predicted molar refractivity (Wildman–Crippen MR) is 122 cm³/mol. The number of carbonyl (C=O) groups is 2. The molecule has 5 heteroatoms. The van der Waals surface area contributed by atoms with Crippen LogP contribution in [0.3, 0.4) is 0 Å². The van der Waals surface area contributed by atoms with Gasteiger partial charge in [-0.15, -0.1) is 0 Å². The molecule has 1 atom stereocenters. The summed E-state index contributed by atoms with van der Waals surface area (Å²) in [4.78, 5) is 28.8. The van der Waals surface area contributed by atoms with Crippen molar-refractivity contribution < 1.29 is 14.0 Å². The molecule has 0 saturated heterocycles. The number of ketones is 1. The fourth-order valence-corrected chi connectivity index (χ4v) is 5.38. The first-order valence-electron chi connectivity index (χ1n) is 10.8. The summed E-state index contributed by atoms with van der Waals surface area (Å²) < 4.78 is 14.9. The van der Waals surface area contributed by atoms with E-state index in [0.29, 0.717) is 24.1 Å². The fraction of sp³-hybridized carbons (Fsp3) is 0.385. The summed E-state index contributed by atoms with van der Waals surface area (Å²) in [5.41, 5.74) is 4.09. The molecule has 162 valence electrons. The van der Waals surface area contributed by atoms with Gasteiger partial charge < -0.3 is 0 Å². The van der Waals surface area contributed by atoms with Gasteiger partial charge in [-0.2, -0.15) is 0 Å². The third kappa shape index (κ3) is 3.71. The number of anilines is 1.